The van der Waals surface area contributed by atoms with Crippen LogP contribution in [0.15, 0.2) is 35.3 Å². The summed E-state index contributed by atoms with van der Waals surface area (Å²) in [5.74, 6) is 0. The van der Waals surface area contributed by atoms with E-state index in [2.05, 4.69) is 14.9 Å². The second-order valence-electron chi connectivity index (χ2n) is 5.28. The van der Waals surface area contributed by atoms with Gasteiger partial charge in [0.1, 0.15) is 0 Å². The number of halogens is 1. The van der Waals surface area contributed by atoms with Crippen molar-refractivity contribution in [3.63, 3.8) is 0 Å². The highest BCUT2D eigenvalue weighted by molar-refractivity contribution is 6.30. The molecule has 3 N–H and O–H groups in total. The lowest BCUT2D eigenvalue weighted by Gasteiger charge is -2.32. The lowest BCUT2D eigenvalue weighted by atomic mass is 10.0. The van der Waals surface area contributed by atoms with Crippen molar-refractivity contribution in [1.29, 1.82) is 0 Å². The van der Waals surface area contributed by atoms with Crippen LogP contribution in [0.2, 0.25) is 5.02 Å². The number of H-pyrrole nitrogens is 1. The highest BCUT2D eigenvalue weighted by Gasteiger charge is 2.20. The monoisotopic (exact) mass is 304 g/mol. The Morgan fingerprint density at radius 3 is 2.57 bits per heavy atom. The van der Waals surface area contributed by atoms with E-state index < -0.39 is 0 Å². The molecule has 21 heavy (non-hydrogen) atoms. The Hall–Kier alpha value is -1.85. The van der Waals surface area contributed by atoms with E-state index in [1.807, 2.05) is 24.3 Å². The molecule has 1 aliphatic heterocycles. The summed E-state index contributed by atoms with van der Waals surface area (Å²) >= 11 is 5.93. The van der Waals surface area contributed by atoms with Gasteiger partial charge in [0.25, 0.3) is 0 Å². The number of hydrogen-bond donors (Lipinski definition) is 2. The third kappa shape index (κ3) is 3.09. The lowest BCUT2D eigenvalue weighted by Crippen LogP contribution is -2.40. The zero-order valence-electron chi connectivity index (χ0n) is 11.6. The molecule has 1 saturated heterocycles. The number of aromatic amines is 1. The molecule has 0 atom stereocenters. The Balaban J connectivity index is 2.01. The van der Waals surface area contributed by atoms with E-state index in [0.717, 1.165) is 42.9 Å². The van der Waals surface area contributed by atoms with Gasteiger partial charge in [0.15, 0.2) is 0 Å². The molecule has 5 nitrogen and oxygen atoms in total. The van der Waals surface area contributed by atoms with Crippen molar-refractivity contribution in [3.05, 3.63) is 46.0 Å². The van der Waals surface area contributed by atoms with Gasteiger partial charge in [0.05, 0.1) is 17.6 Å². The van der Waals surface area contributed by atoms with Crippen molar-refractivity contribution in [1.82, 2.24) is 9.97 Å². The van der Waals surface area contributed by atoms with Crippen LogP contribution in [0.5, 0.6) is 0 Å². The fourth-order valence-corrected chi connectivity index (χ4v) is 2.73. The van der Waals surface area contributed by atoms with E-state index in [9.17, 15) is 4.79 Å². The SMILES string of the molecule is NC1CCN(c2cnc(=O)[nH]c2-c2ccc(Cl)cc2)CC1. The molecule has 0 bridgehead atoms. The molecule has 0 saturated carbocycles. The average Bonchev–Trinajstić information content (AvgIpc) is 2.49. The van der Waals surface area contributed by atoms with Crippen molar-refractivity contribution in [2.75, 3.05) is 18.0 Å². The molecule has 2 aromatic rings. The minimum Gasteiger partial charge on any atom is -0.368 e. The number of hydrogen-bond acceptors (Lipinski definition) is 4. The number of aromatic nitrogens is 2. The number of nitrogens with zero attached hydrogens (tertiary/aromatic N) is 2. The van der Waals surface area contributed by atoms with Crippen molar-refractivity contribution >= 4 is 17.3 Å². The molecule has 1 aliphatic rings. The van der Waals surface area contributed by atoms with Crippen LogP contribution in [0.3, 0.4) is 0 Å². The Kier molecular flexibility index (Phi) is 3.94. The van der Waals surface area contributed by atoms with Gasteiger partial charge in [-0.1, -0.05) is 23.7 Å². The number of rotatable bonds is 2. The normalized spacial score (nSPS) is 16.2. The summed E-state index contributed by atoms with van der Waals surface area (Å²) in [5.41, 5.74) is 8.23. The topological polar surface area (TPSA) is 75.0 Å². The molecule has 1 fully saturated rings. The molecule has 1 aromatic heterocycles. The molecule has 0 aliphatic carbocycles. The van der Waals surface area contributed by atoms with Gasteiger partial charge in [0.2, 0.25) is 0 Å². The molecule has 0 radical (unpaired) electrons. The van der Waals surface area contributed by atoms with E-state index >= 15 is 0 Å². The number of benzene rings is 1. The maximum atomic E-state index is 11.6. The molecule has 3 rings (SSSR count). The average molecular weight is 305 g/mol. The Bertz CT molecular complexity index is 675. The molecule has 0 amide bonds. The second kappa shape index (κ2) is 5.87. The van der Waals surface area contributed by atoms with Crippen LogP contribution >= 0.6 is 11.6 Å². The van der Waals surface area contributed by atoms with Gasteiger partial charge in [-0.15, -0.1) is 0 Å². The van der Waals surface area contributed by atoms with E-state index in [0.29, 0.717) is 5.02 Å². The smallest absolute Gasteiger partial charge is 0.345 e. The summed E-state index contributed by atoms with van der Waals surface area (Å²) in [6.07, 6.45) is 3.53. The van der Waals surface area contributed by atoms with Crippen LogP contribution in [0.4, 0.5) is 5.69 Å². The fraction of sp³-hybridized carbons (Fsp3) is 0.333. The van der Waals surface area contributed by atoms with Crippen LogP contribution < -0.4 is 16.3 Å². The Morgan fingerprint density at radius 2 is 1.90 bits per heavy atom. The van der Waals surface area contributed by atoms with Gasteiger partial charge >= 0.3 is 5.69 Å². The van der Waals surface area contributed by atoms with Gasteiger partial charge in [-0.3, -0.25) is 0 Å². The van der Waals surface area contributed by atoms with Gasteiger partial charge < -0.3 is 15.6 Å². The third-order valence-corrected chi connectivity index (χ3v) is 4.06. The van der Waals surface area contributed by atoms with E-state index in [1.54, 1.807) is 6.20 Å². The molecule has 2 heterocycles. The first-order valence-corrected chi connectivity index (χ1v) is 7.37. The summed E-state index contributed by atoms with van der Waals surface area (Å²) in [6.45, 7) is 1.74. The lowest BCUT2D eigenvalue weighted by molar-refractivity contribution is 0.501. The molecular weight excluding hydrogens is 288 g/mol. The third-order valence-electron chi connectivity index (χ3n) is 3.81. The summed E-state index contributed by atoms with van der Waals surface area (Å²) in [6, 6.07) is 7.67. The maximum absolute atomic E-state index is 11.6. The molecule has 0 unspecified atom stereocenters. The number of nitrogens with two attached hydrogens (primary N) is 1. The van der Waals surface area contributed by atoms with Gasteiger partial charge in [-0.25, -0.2) is 4.79 Å². The highest BCUT2D eigenvalue weighted by Crippen LogP contribution is 2.29. The van der Waals surface area contributed by atoms with E-state index in [-0.39, 0.29) is 11.7 Å². The summed E-state index contributed by atoms with van der Waals surface area (Å²) in [4.78, 5) is 20.5. The predicted molar refractivity (Wildman–Crippen MR) is 84.7 cm³/mol. The van der Waals surface area contributed by atoms with Crippen molar-refractivity contribution in [2.24, 2.45) is 5.73 Å². The summed E-state index contributed by atoms with van der Waals surface area (Å²) in [5, 5.41) is 0.667. The quantitative estimate of drug-likeness (QED) is 0.890. The van der Waals surface area contributed by atoms with Gasteiger partial charge in [0, 0.05) is 29.7 Å². The molecule has 0 spiro atoms. The van der Waals surface area contributed by atoms with E-state index in [4.69, 9.17) is 17.3 Å². The van der Waals surface area contributed by atoms with Gasteiger partial charge in [-0.05, 0) is 25.0 Å². The fourth-order valence-electron chi connectivity index (χ4n) is 2.60. The highest BCUT2D eigenvalue weighted by atomic mass is 35.5. The maximum Gasteiger partial charge on any atom is 0.345 e. The first-order chi connectivity index (χ1) is 10.1. The first-order valence-electron chi connectivity index (χ1n) is 6.99. The van der Waals surface area contributed by atoms with Crippen LogP contribution in [-0.4, -0.2) is 29.1 Å². The standard InChI is InChI=1S/C15H17ClN4O/c16-11-3-1-10(2-4-11)14-13(9-18-15(21)19-14)20-7-5-12(17)6-8-20/h1-4,9,12H,5-8,17H2,(H,18,19,21). The minimum atomic E-state index is -0.350. The number of nitrogens with one attached hydrogen (secondary N) is 1. The van der Waals surface area contributed by atoms with Gasteiger partial charge in [-0.2, -0.15) is 4.98 Å². The van der Waals surface area contributed by atoms with Crippen molar-refractivity contribution < 1.29 is 0 Å². The zero-order valence-corrected chi connectivity index (χ0v) is 12.3. The predicted octanol–water partition coefficient (Wildman–Crippen LogP) is 2.02. The molecule has 1 aromatic carbocycles. The Morgan fingerprint density at radius 1 is 1.24 bits per heavy atom. The second-order valence-corrected chi connectivity index (χ2v) is 5.72. The number of anilines is 1. The molecule has 110 valence electrons. The first kappa shape index (κ1) is 14.1. The van der Waals surface area contributed by atoms with Crippen molar-refractivity contribution in [2.45, 2.75) is 18.9 Å². The van der Waals surface area contributed by atoms with Crippen molar-refractivity contribution in [3.8, 4) is 11.3 Å². The zero-order chi connectivity index (χ0) is 14.8. The Labute approximate surface area is 127 Å². The van der Waals surface area contributed by atoms with Crippen LogP contribution in [0, 0.1) is 0 Å². The van der Waals surface area contributed by atoms with Crippen LogP contribution in [0.1, 0.15) is 12.8 Å². The summed E-state index contributed by atoms with van der Waals surface area (Å²) in [7, 11) is 0. The minimum absolute atomic E-state index is 0.260. The largest absolute Gasteiger partial charge is 0.368 e. The molecule has 6 heteroatoms. The summed E-state index contributed by atoms with van der Waals surface area (Å²) < 4.78 is 0. The molecular formula is C15H17ClN4O. The van der Waals surface area contributed by atoms with Crippen LogP contribution in [-0.2, 0) is 0 Å². The van der Waals surface area contributed by atoms with Crippen LogP contribution in [0.25, 0.3) is 11.3 Å². The number of piperidine rings is 1. The van der Waals surface area contributed by atoms with E-state index in [1.165, 1.54) is 0 Å².